The smallest absolute Gasteiger partial charge is 0.261 e. The SMILES string of the molecule is Cc1cc2c(cc1C)O[C@H](C(=O)NCc1scnc1C)C2. The van der Waals surface area contributed by atoms with E-state index in [-0.39, 0.29) is 5.91 Å². The van der Waals surface area contributed by atoms with Crippen molar-refractivity contribution in [3.63, 3.8) is 0 Å². The molecule has 0 bridgehead atoms. The summed E-state index contributed by atoms with van der Waals surface area (Å²) >= 11 is 1.56. The molecular weight excluding hydrogens is 284 g/mol. The van der Waals surface area contributed by atoms with Gasteiger partial charge in [-0.2, -0.15) is 0 Å². The first-order valence-electron chi connectivity index (χ1n) is 6.98. The minimum Gasteiger partial charge on any atom is -0.480 e. The molecule has 1 atom stereocenters. The molecule has 1 amide bonds. The van der Waals surface area contributed by atoms with Gasteiger partial charge in [-0.15, -0.1) is 11.3 Å². The van der Waals surface area contributed by atoms with E-state index >= 15 is 0 Å². The van der Waals surface area contributed by atoms with Crippen LogP contribution in [0.1, 0.15) is 27.3 Å². The molecule has 1 aromatic carbocycles. The fourth-order valence-corrected chi connectivity index (χ4v) is 3.15. The number of ether oxygens (including phenoxy) is 1. The zero-order valence-corrected chi connectivity index (χ0v) is 13.2. The van der Waals surface area contributed by atoms with Gasteiger partial charge in [-0.1, -0.05) is 6.07 Å². The van der Waals surface area contributed by atoms with Gasteiger partial charge in [-0.3, -0.25) is 4.79 Å². The van der Waals surface area contributed by atoms with Crippen molar-refractivity contribution in [2.75, 3.05) is 0 Å². The highest BCUT2D eigenvalue weighted by atomic mass is 32.1. The standard InChI is InChI=1S/C16H18N2O2S/c1-9-4-12-6-14(20-13(12)5-10(9)2)16(19)17-7-15-11(3)18-8-21-15/h4-5,8,14H,6-7H2,1-3H3,(H,17,19)/t14-/m0/s1. The summed E-state index contributed by atoms with van der Waals surface area (Å²) in [5, 5.41) is 2.94. The van der Waals surface area contributed by atoms with E-state index in [1.807, 2.05) is 13.0 Å². The van der Waals surface area contributed by atoms with Crippen LogP contribution in [0.3, 0.4) is 0 Å². The Morgan fingerprint density at radius 3 is 2.86 bits per heavy atom. The maximum Gasteiger partial charge on any atom is 0.261 e. The highest BCUT2D eigenvalue weighted by Crippen LogP contribution is 2.31. The summed E-state index contributed by atoms with van der Waals surface area (Å²) in [7, 11) is 0. The van der Waals surface area contributed by atoms with Crippen LogP contribution >= 0.6 is 11.3 Å². The molecule has 1 aromatic heterocycles. The van der Waals surface area contributed by atoms with Crippen LogP contribution in [0, 0.1) is 20.8 Å². The molecule has 0 spiro atoms. The highest BCUT2D eigenvalue weighted by molar-refractivity contribution is 7.09. The van der Waals surface area contributed by atoms with Crippen molar-refractivity contribution in [1.29, 1.82) is 0 Å². The van der Waals surface area contributed by atoms with Crippen LogP contribution in [0.5, 0.6) is 5.75 Å². The van der Waals surface area contributed by atoms with Crippen LogP contribution in [0.25, 0.3) is 0 Å². The van der Waals surface area contributed by atoms with E-state index in [4.69, 9.17) is 4.74 Å². The number of carbonyl (C=O) groups excluding carboxylic acids is 1. The summed E-state index contributed by atoms with van der Waals surface area (Å²) in [6.45, 7) is 6.60. The number of thiazole rings is 1. The monoisotopic (exact) mass is 302 g/mol. The summed E-state index contributed by atoms with van der Waals surface area (Å²) in [4.78, 5) is 17.5. The number of rotatable bonds is 3. The molecule has 3 rings (SSSR count). The average molecular weight is 302 g/mol. The van der Waals surface area contributed by atoms with E-state index < -0.39 is 6.10 Å². The lowest BCUT2D eigenvalue weighted by Gasteiger charge is -2.11. The van der Waals surface area contributed by atoms with Gasteiger partial charge in [0.2, 0.25) is 0 Å². The summed E-state index contributed by atoms with van der Waals surface area (Å²) in [6.07, 6.45) is 0.221. The Labute approximate surface area is 128 Å². The Hall–Kier alpha value is -1.88. The summed E-state index contributed by atoms with van der Waals surface area (Å²) < 4.78 is 5.78. The first-order valence-corrected chi connectivity index (χ1v) is 7.86. The molecule has 2 heterocycles. The van der Waals surface area contributed by atoms with E-state index in [0.717, 1.165) is 21.9 Å². The number of fused-ring (bicyclic) bond motifs is 1. The summed E-state index contributed by atoms with van der Waals surface area (Å²) in [5.41, 5.74) is 6.31. The molecule has 1 aliphatic rings. The number of aryl methyl sites for hydroxylation is 3. The van der Waals surface area contributed by atoms with E-state index in [9.17, 15) is 4.79 Å². The quantitative estimate of drug-likeness (QED) is 0.948. The van der Waals surface area contributed by atoms with Crippen molar-refractivity contribution >= 4 is 17.2 Å². The predicted molar refractivity (Wildman–Crippen MR) is 82.7 cm³/mol. The topological polar surface area (TPSA) is 51.2 Å². The molecule has 4 nitrogen and oxygen atoms in total. The minimum atomic E-state index is -0.422. The Balaban J connectivity index is 1.64. The Morgan fingerprint density at radius 1 is 1.38 bits per heavy atom. The second-order valence-electron chi connectivity index (χ2n) is 5.43. The second kappa shape index (κ2) is 5.48. The Kier molecular flexibility index (Phi) is 3.68. The molecule has 0 radical (unpaired) electrons. The lowest BCUT2D eigenvalue weighted by atomic mass is 10.0. The third-order valence-electron chi connectivity index (χ3n) is 3.91. The highest BCUT2D eigenvalue weighted by Gasteiger charge is 2.29. The largest absolute Gasteiger partial charge is 0.480 e. The van der Waals surface area contributed by atoms with Gasteiger partial charge < -0.3 is 10.1 Å². The van der Waals surface area contributed by atoms with Crippen molar-refractivity contribution in [3.05, 3.63) is 44.9 Å². The summed E-state index contributed by atoms with van der Waals surface area (Å²) in [6, 6.07) is 4.14. The number of carbonyl (C=O) groups is 1. The van der Waals surface area contributed by atoms with Crippen LogP contribution in [-0.4, -0.2) is 17.0 Å². The van der Waals surface area contributed by atoms with Gasteiger partial charge in [0.15, 0.2) is 6.10 Å². The number of hydrogen-bond acceptors (Lipinski definition) is 4. The van der Waals surface area contributed by atoms with Crippen molar-refractivity contribution in [1.82, 2.24) is 10.3 Å². The van der Waals surface area contributed by atoms with E-state index in [1.54, 1.807) is 16.8 Å². The van der Waals surface area contributed by atoms with Crippen molar-refractivity contribution in [2.24, 2.45) is 0 Å². The lowest BCUT2D eigenvalue weighted by molar-refractivity contribution is -0.127. The fraction of sp³-hybridized carbons (Fsp3) is 0.375. The fourth-order valence-electron chi connectivity index (χ4n) is 2.44. The molecule has 1 N–H and O–H groups in total. The van der Waals surface area contributed by atoms with Crippen LogP contribution in [-0.2, 0) is 17.8 Å². The number of aromatic nitrogens is 1. The van der Waals surface area contributed by atoms with Gasteiger partial charge in [0.05, 0.1) is 17.7 Å². The predicted octanol–water partition coefficient (Wildman–Crippen LogP) is 2.69. The Bertz CT molecular complexity index is 663. The third kappa shape index (κ3) is 2.78. The number of nitrogens with zero attached hydrogens (tertiary/aromatic N) is 1. The van der Waals surface area contributed by atoms with Crippen molar-refractivity contribution in [3.8, 4) is 5.75 Å². The van der Waals surface area contributed by atoms with Gasteiger partial charge in [-0.05, 0) is 43.5 Å². The molecule has 0 saturated carbocycles. The molecule has 21 heavy (non-hydrogen) atoms. The average Bonchev–Trinajstić information content (AvgIpc) is 3.03. The molecule has 5 heteroatoms. The second-order valence-corrected chi connectivity index (χ2v) is 6.37. The zero-order valence-electron chi connectivity index (χ0n) is 12.4. The number of amides is 1. The molecule has 0 aliphatic carbocycles. The molecule has 0 fully saturated rings. The van der Waals surface area contributed by atoms with Crippen molar-refractivity contribution in [2.45, 2.75) is 39.8 Å². The van der Waals surface area contributed by atoms with Crippen molar-refractivity contribution < 1.29 is 9.53 Å². The maximum atomic E-state index is 12.2. The van der Waals surface area contributed by atoms with Crippen LogP contribution in [0.15, 0.2) is 17.6 Å². The first kappa shape index (κ1) is 14.1. The molecular formula is C16H18N2O2S. The number of hydrogen-bond donors (Lipinski definition) is 1. The third-order valence-corrected chi connectivity index (χ3v) is 4.85. The van der Waals surface area contributed by atoms with Crippen LogP contribution in [0.2, 0.25) is 0 Å². The van der Waals surface area contributed by atoms with Crippen LogP contribution < -0.4 is 10.1 Å². The number of benzene rings is 1. The maximum absolute atomic E-state index is 12.2. The van der Waals surface area contributed by atoms with Gasteiger partial charge >= 0.3 is 0 Å². The minimum absolute atomic E-state index is 0.0608. The molecule has 1 aliphatic heterocycles. The van der Waals surface area contributed by atoms with Crippen LogP contribution in [0.4, 0.5) is 0 Å². The first-order chi connectivity index (χ1) is 10.0. The summed E-state index contributed by atoms with van der Waals surface area (Å²) in [5.74, 6) is 0.779. The number of nitrogens with one attached hydrogen (secondary N) is 1. The molecule has 0 saturated heterocycles. The lowest BCUT2D eigenvalue weighted by Crippen LogP contribution is -2.36. The Morgan fingerprint density at radius 2 is 2.14 bits per heavy atom. The van der Waals surface area contributed by atoms with E-state index in [2.05, 4.69) is 30.2 Å². The normalized spacial score (nSPS) is 16.4. The van der Waals surface area contributed by atoms with Gasteiger partial charge in [0, 0.05) is 11.3 Å². The molecule has 0 unspecified atom stereocenters. The van der Waals surface area contributed by atoms with E-state index in [1.165, 1.54) is 11.1 Å². The molecule has 110 valence electrons. The van der Waals surface area contributed by atoms with Gasteiger partial charge in [0.1, 0.15) is 5.75 Å². The van der Waals surface area contributed by atoms with Gasteiger partial charge in [-0.25, -0.2) is 4.98 Å². The van der Waals surface area contributed by atoms with E-state index in [0.29, 0.717) is 13.0 Å². The van der Waals surface area contributed by atoms with Gasteiger partial charge in [0.25, 0.3) is 5.91 Å². The zero-order chi connectivity index (χ0) is 15.0. The molecule has 2 aromatic rings.